The second-order valence-electron chi connectivity index (χ2n) is 11.1. The molecule has 0 aromatic carbocycles. The van der Waals surface area contributed by atoms with Crippen LogP contribution >= 0.6 is 0 Å². The maximum atomic E-state index is 11.1. The smallest absolute Gasteiger partial charge is 0.187 e. The Balaban J connectivity index is 1.61. The van der Waals surface area contributed by atoms with Gasteiger partial charge in [0.25, 0.3) is 0 Å². The van der Waals surface area contributed by atoms with E-state index in [1.807, 2.05) is 0 Å². The first-order valence-corrected chi connectivity index (χ1v) is 13.8. The van der Waals surface area contributed by atoms with Gasteiger partial charge in [0.05, 0.1) is 24.9 Å². The summed E-state index contributed by atoms with van der Waals surface area (Å²) in [6, 6.07) is 0. The van der Waals surface area contributed by atoms with Crippen molar-refractivity contribution in [2.24, 2.45) is 0 Å². The van der Waals surface area contributed by atoms with Gasteiger partial charge in [-0.3, -0.25) is 0 Å². The number of aliphatic hydroxyl groups excluding tert-OH is 8. The SMILES string of the molecule is CO[C@@H]1O[C@@H](C)[C@H](O)[C@@H](O[C@@H]2O[C@@H](C)[C@H](O)[C@@H](OC)[C@H]2O[C@@H]2O[C@@H](C)[C@H](O)[C@@H](O)[C@H]2O)[C@H]1O[C@H]1OC[C@@H](O)[C@H](O)[C@H]1O. The molecular weight excluding hydrogens is 572 g/mol. The molecular formula is C25H44O17. The molecule has 4 aliphatic rings. The van der Waals surface area contributed by atoms with Crippen LogP contribution in [0.25, 0.3) is 0 Å². The van der Waals surface area contributed by atoms with Gasteiger partial charge in [0.1, 0.15) is 73.2 Å². The highest BCUT2D eigenvalue weighted by Gasteiger charge is 2.55. The van der Waals surface area contributed by atoms with Crippen LogP contribution in [0.2, 0.25) is 0 Å². The Kier molecular flexibility index (Phi) is 11.5. The lowest BCUT2D eigenvalue weighted by atomic mass is 9.96. The quantitative estimate of drug-likeness (QED) is 0.128. The zero-order valence-electron chi connectivity index (χ0n) is 23.9. The van der Waals surface area contributed by atoms with Gasteiger partial charge in [0, 0.05) is 14.2 Å². The third-order valence-corrected chi connectivity index (χ3v) is 8.16. The maximum Gasteiger partial charge on any atom is 0.187 e. The summed E-state index contributed by atoms with van der Waals surface area (Å²) in [5.74, 6) is 0. The molecule has 4 rings (SSSR count). The lowest BCUT2D eigenvalue weighted by molar-refractivity contribution is -0.397. The molecule has 0 aliphatic carbocycles. The van der Waals surface area contributed by atoms with E-state index in [1.165, 1.54) is 21.1 Å². The van der Waals surface area contributed by atoms with E-state index in [9.17, 15) is 40.9 Å². The van der Waals surface area contributed by atoms with Crippen molar-refractivity contribution in [1.29, 1.82) is 0 Å². The van der Waals surface area contributed by atoms with Crippen molar-refractivity contribution in [3.8, 4) is 0 Å². The van der Waals surface area contributed by atoms with Gasteiger partial charge in [0.2, 0.25) is 0 Å². The van der Waals surface area contributed by atoms with Crippen LogP contribution in [0.4, 0.5) is 0 Å². The van der Waals surface area contributed by atoms with Crippen molar-refractivity contribution in [2.45, 2.75) is 137 Å². The highest BCUT2D eigenvalue weighted by Crippen LogP contribution is 2.35. The molecule has 17 nitrogen and oxygen atoms in total. The van der Waals surface area contributed by atoms with Gasteiger partial charge in [0.15, 0.2) is 25.2 Å². The molecule has 42 heavy (non-hydrogen) atoms. The van der Waals surface area contributed by atoms with Crippen LogP contribution < -0.4 is 0 Å². The maximum absolute atomic E-state index is 11.1. The Morgan fingerprint density at radius 3 is 1.55 bits per heavy atom. The molecule has 0 radical (unpaired) electrons. The molecule has 246 valence electrons. The average molecular weight is 617 g/mol. The largest absolute Gasteiger partial charge is 0.388 e. The summed E-state index contributed by atoms with van der Waals surface area (Å²) in [6.45, 7) is 4.21. The molecule has 0 amide bonds. The molecule has 0 bridgehead atoms. The summed E-state index contributed by atoms with van der Waals surface area (Å²) < 4.78 is 51.6. The highest BCUT2D eigenvalue weighted by molar-refractivity contribution is 4.96. The van der Waals surface area contributed by atoms with E-state index >= 15 is 0 Å². The lowest BCUT2D eigenvalue weighted by Crippen LogP contribution is -2.67. The van der Waals surface area contributed by atoms with Crippen molar-refractivity contribution in [2.75, 3.05) is 20.8 Å². The molecule has 0 unspecified atom stereocenters. The van der Waals surface area contributed by atoms with Gasteiger partial charge in [-0.1, -0.05) is 0 Å². The van der Waals surface area contributed by atoms with Gasteiger partial charge in [-0.05, 0) is 20.8 Å². The minimum atomic E-state index is -1.69. The van der Waals surface area contributed by atoms with E-state index in [1.54, 1.807) is 13.8 Å². The monoisotopic (exact) mass is 616 g/mol. The van der Waals surface area contributed by atoms with Gasteiger partial charge in [-0.15, -0.1) is 0 Å². The highest BCUT2D eigenvalue weighted by atomic mass is 16.8. The van der Waals surface area contributed by atoms with Crippen LogP contribution in [0, 0.1) is 0 Å². The van der Waals surface area contributed by atoms with E-state index < -0.39 is 117 Å². The van der Waals surface area contributed by atoms with Gasteiger partial charge < -0.3 is 83.5 Å². The van der Waals surface area contributed by atoms with E-state index in [0.29, 0.717) is 0 Å². The fourth-order valence-electron chi connectivity index (χ4n) is 5.47. The van der Waals surface area contributed by atoms with Gasteiger partial charge in [-0.2, -0.15) is 0 Å². The second kappa shape index (κ2) is 14.2. The summed E-state index contributed by atoms with van der Waals surface area (Å²) in [4.78, 5) is 0. The number of aliphatic hydroxyl groups is 8. The van der Waals surface area contributed by atoms with Crippen molar-refractivity contribution in [1.82, 2.24) is 0 Å². The molecule has 8 N–H and O–H groups in total. The van der Waals surface area contributed by atoms with Crippen molar-refractivity contribution >= 4 is 0 Å². The van der Waals surface area contributed by atoms with Crippen LogP contribution in [0.1, 0.15) is 20.8 Å². The predicted octanol–water partition coefficient (Wildman–Crippen LogP) is -4.72. The first-order valence-electron chi connectivity index (χ1n) is 13.8. The topological polar surface area (TPSA) is 245 Å². The number of hydrogen-bond donors (Lipinski definition) is 8. The van der Waals surface area contributed by atoms with Gasteiger partial charge >= 0.3 is 0 Å². The summed E-state index contributed by atoms with van der Waals surface area (Å²) in [5, 5.41) is 83.3. The summed E-state index contributed by atoms with van der Waals surface area (Å²) in [6.07, 6.45) is -25.3. The number of rotatable bonds is 8. The Hall–Kier alpha value is -0.680. The number of hydrogen-bond acceptors (Lipinski definition) is 17. The van der Waals surface area contributed by atoms with E-state index in [0.717, 1.165) is 0 Å². The van der Waals surface area contributed by atoms with Crippen LogP contribution in [0.3, 0.4) is 0 Å². The molecule has 4 saturated heterocycles. The van der Waals surface area contributed by atoms with Crippen LogP contribution in [0.5, 0.6) is 0 Å². The van der Waals surface area contributed by atoms with Crippen LogP contribution in [0.15, 0.2) is 0 Å². The van der Waals surface area contributed by atoms with E-state index in [-0.39, 0.29) is 6.61 Å². The van der Waals surface area contributed by atoms with Crippen LogP contribution in [-0.4, -0.2) is 178 Å². The Labute approximate surface area is 242 Å². The van der Waals surface area contributed by atoms with Crippen LogP contribution in [-0.2, 0) is 42.6 Å². The molecule has 17 heteroatoms. The fraction of sp³-hybridized carbons (Fsp3) is 1.00. The first kappa shape index (κ1) is 34.2. The number of methoxy groups -OCH3 is 2. The Morgan fingerprint density at radius 2 is 0.929 bits per heavy atom. The average Bonchev–Trinajstić information content (AvgIpc) is 2.96. The van der Waals surface area contributed by atoms with E-state index in [4.69, 9.17) is 42.6 Å². The normalized spacial score (nSPS) is 54.1. The summed E-state index contributed by atoms with van der Waals surface area (Å²) >= 11 is 0. The zero-order valence-corrected chi connectivity index (χ0v) is 23.9. The van der Waals surface area contributed by atoms with Crippen molar-refractivity contribution < 1.29 is 83.5 Å². The van der Waals surface area contributed by atoms with E-state index in [2.05, 4.69) is 0 Å². The molecule has 0 saturated carbocycles. The molecule has 0 aromatic heterocycles. The summed E-state index contributed by atoms with van der Waals surface area (Å²) in [5.41, 5.74) is 0. The Bertz CT molecular complexity index is 854. The molecule has 4 aliphatic heterocycles. The predicted molar refractivity (Wildman–Crippen MR) is 133 cm³/mol. The standard InChI is InChI=1S/C25H44O17/c1-7-11(27)15(31)17(33)23(37-7)42-20-18(34-4)12(28)8(2)39-25(20)40-19-13(29)9(3)38-24(35-5)21(19)41-22-16(32)14(30)10(26)6-36-22/h7-33H,6H2,1-5H3/t7-,8-,9-,10+,11-,12-,13-,14-,15+,16+,17+,18+,19+,20+,21+,22+,23-,24+,25-/m0/s1. The van der Waals surface area contributed by atoms with Crippen molar-refractivity contribution in [3.05, 3.63) is 0 Å². The summed E-state index contributed by atoms with van der Waals surface area (Å²) in [7, 11) is 2.61. The first-order chi connectivity index (χ1) is 19.8. The zero-order chi connectivity index (χ0) is 31.0. The molecule has 19 atom stereocenters. The minimum Gasteiger partial charge on any atom is -0.388 e. The Morgan fingerprint density at radius 1 is 0.452 bits per heavy atom. The fourth-order valence-corrected chi connectivity index (χ4v) is 5.47. The van der Waals surface area contributed by atoms with Gasteiger partial charge in [-0.25, -0.2) is 0 Å². The molecule has 4 heterocycles. The third-order valence-electron chi connectivity index (χ3n) is 8.16. The second-order valence-corrected chi connectivity index (χ2v) is 11.1. The molecule has 4 fully saturated rings. The molecule has 0 aromatic rings. The third kappa shape index (κ3) is 6.77. The molecule has 0 spiro atoms. The number of ether oxygens (including phenoxy) is 9. The lowest BCUT2D eigenvalue weighted by Gasteiger charge is -2.49. The van der Waals surface area contributed by atoms with Crippen molar-refractivity contribution in [3.63, 3.8) is 0 Å². The minimum absolute atomic E-state index is 0.353.